The second-order valence-corrected chi connectivity index (χ2v) is 14.5. The van der Waals surface area contributed by atoms with E-state index in [0.29, 0.717) is 0 Å². The number of benzene rings is 1. The van der Waals surface area contributed by atoms with Gasteiger partial charge in [-0.15, -0.1) is 34.9 Å². The van der Waals surface area contributed by atoms with Crippen LogP contribution < -0.4 is 9.06 Å². The molecular formula is C20H14O4S7. The van der Waals surface area contributed by atoms with Crippen molar-refractivity contribution in [2.75, 3.05) is 25.7 Å². The van der Waals surface area contributed by atoms with Crippen molar-refractivity contribution in [2.24, 2.45) is 0 Å². The van der Waals surface area contributed by atoms with Crippen LogP contribution in [0.3, 0.4) is 0 Å². The molecule has 0 radical (unpaired) electrons. The first-order chi connectivity index (χ1) is 15.1. The monoisotopic (exact) mass is 542 g/mol. The number of methoxy groups -OCH3 is 2. The fourth-order valence-corrected chi connectivity index (χ4v) is 13.2. The van der Waals surface area contributed by atoms with Crippen LogP contribution in [0.5, 0.6) is 0 Å². The molecule has 5 rings (SSSR count). The lowest BCUT2D eigenvalue weighted by atomic mass is 10.2. The Morgan fingerprint density at radius 2 is 1.16 bits per heavy atom. The van der Waals surface area contributed by atoms with Gasteiger partial charge in [0.1, 0.15) is 9.81 Å². The van der Waals surface area contributed by atoms with Crippen LogP contribution in [0.15, 0.2) is 42.6 Å². The Morgan fingerprint density at radius 1 is 0.710 bits per heavy atom. The molecule has 0 spiro atoms. The highest BCUT2D eigenvalue weighted by molar-refractivity contribution is 8.46. The van der Waals surface area contributed by atoms with E-state index in [1.165, 1.54) is 60.4 Å². The highest BCUT2D eigenvalue weighted by Gasteiger charge is 2.33. The van der Waals surface area contributed by atoms with Crippen molar-refractivity contribution in [1.29, 1.82) is 0 Å². The van der Waals surface area contributed by atoms with E-state index in [0.717, 1.165) is 25.7 Å². The molecule has 0 saturated heterocycles. The molecule has 1 aromatic carbocycles. The zero-order valence-electron chi connectivity index (χ0n) is 16.2. The highest BCUT2D eigenvalue weighted by atomic mass is 32.3. The summed E-state index contributed by atoms with van der Waals surface area (Å²) >= 11 is 11.9. The number of hydrogen-bond donors (Lipinski definition) is 0. The quantitative estimate of drug-likeness (QED) is 0.476. The Morgan fingerprint density at radius 3 is 1.61 bits per heavy atom. The summed E-state index contributed by atoms with van der Waals surface area (Å²) in [6, 6.07) is 8.34. The standard InChI is InChI=1S/C20H14O4S7/c1-23-15(21)13-14(16(22)24-2)29-17(28-13)11-9-5-3-4-6-10(9)12(27-11)18-30-19-20(31-18)26-8-7-25-19/h3-6H,7-8H2,1-2H3. The minimum Gasteiger partial charge on any atom is -0.465 e. The first-order valence-electron chi connectivity index (χ1n) is 8.99. The molecule has 31 heavy (non-hydrogen) atoms. The van der Waals surface area contributed by atoms with E-state index >= 15 is 0 Å². The molecule has 11 heteroatoms. The molecule has 4 nitrogen and oxygen atoms in total. The number of thiophene rings is 1. The van der Waals surface area contributed by atoms with Gasteiger partial charge in [-0.3, -0.25) is 0 Å². The van der Waals surface area contributed by atoms with Gasteiger partial charge in [0.05, 0.1) is 40.2 Å². The van der Waals surface area contributed by atoms with Crippen LogP contribution in [-0.4, -0.2) is 37.7 Å². The van der Waals surface area contributed by atoms with E-state index in [-0.39, 0.29) is 9.81 Å². The van der Waals surface area contributed by atoms with E-state index < -0.39 is 11.9 Å². The smallest absolute Gasteiger partial charge is 0.346 e. The van der Waals surface area contributed by atoms with Gasteiger partial charge in [-0.25, -0.2) is 9.59 Å². The summed E-state index contributed by atoms with van der Waals surface area (Å²) in [5.41, 5.74) is 0. The number of rotatable bonds is 2. The molecule has 160 valence electrons. The summed E-state index contributed by atoms with van der Waals surface area (Å²) in [4.78, 5) is 25.2. The van der Waals surface area contributed by atoms with Gasteiger partial charge in [0.15, 0.2) is 0 Å². The van der Waals surface area contributed by atoms with Crippen LogP contribution in [0.2, 0.25) is 0 Å². The second-order valence-electron chi connectivity index (χ2n) is 6.20. The molecule has 2 aromatic rings. The summed E-state index contributed by atoms with van der Waals surface area (Å²) in [5.74, 6) is 1.28. The summed E-state index contributed by atoms with van der Waals surface area (Å²) in [5, 5.41) is 2.33. The van der Waals surface area contributed by atoms with E-state index in [1.807, 2.05) is 53.1 Å². The Bertz CT molecular complexity index is 1250. The average molecular weight is 543 g/mol. The number of ether oxygens (including phenoxy) is 2. The number of thioether (sulfide) groups is 6. The first-order valence-corrected chi connectivity index (χ1v) is 15.0. The van der Waals surface area contributed by atoms with Crippen LogP contribution in [0.25, 0.3) is 19.2 Å². The van der Waals surface area contributed by atoms with Gasteiger partial charge in [-0.2, -0.15) is 0 Å². The van der Waals surface area contributed by atoms with Crippen molar-refractivity contribution in [3.8, 4) is 0 Å². The van der Waals surface area contributed by atoms with Crippen molar-refractivity contribution in [3.63, 3.8) is 0 Å². The number of hydrogen-bond acceptors (Lipinski definition) is 11. The molecule has 4 heterocycles. The number of carbonyl (C=O) groups is 2. The first kappa shape index (κ1) is 22.2. The van der Waals surface area contributed by atoms with Crippen molar-refractivity contribution in [2.45, 2.75) is 0 Å². The minimum absolute atomic E-state index is 0.288. The van der Waals surface area contributed by atoms with Crippen LogP contribution in [0.4, 0.5) is 0 Å². The minimum atomic E-state index is -0.517. The molecule has 0 aliphatic carbocycles. The second kappa shape index (κ2) is 9.36. The lowest BCUT2D eigenvalue weighted by Gasteiger charge is -2.08. The third-order valence-electron chi connectivity index (χ3n) is 4.42. The van der Waals surface area contributed by atoms with Crippen molar-refractivity contribution >= 4 is 113 Å². The maximum atomic E-state index is 12.3. The molecule has 0 unspecified atom stereocenters. The van der Waals surface area contributed by atoms with E-state index in [9.17, 15) is 9.59 Å². The van der Waals surface area contributed by atoms with Crippen molar-refractivity contribution in [3.05, 3.63) is 51.6 Å². The Balaban J connectivity index is 1.66. The van der Waals surface area contributed by atoms with Gasteiger partial charge in [0.2, 0.25) is 0 Å². The van der Waals surface area contributed by atoms with Gasteiger partial charge >= 0.3 is 11.9 Å². The Kier molecular flexibility index (Phi) is 6.72. The molecule has 0 fully saturated rings. The summed E-state index contributed by atoms with van der Waals surface area (Å²) in [7, 11) is 2.64. The molecule has 1 aromatic heterocycles. The predicted octanol–water partition coefficient (Wildman–Crippen LogP) is 5.16. The Hall–Kier alpha value is -0.560. The molecule has 3 aliphatic rings. The zero-order valence-corrected chi connectivity index (χ0v) is 21.9. The van der Waals surface area contributed by atoms with Gasteiger partial charge < -0.3 is 9.47 Å². The molecule has 0 N–H and O–H groups in total. The zero-order chi connectivity index (χ0) is 21.5. The molecule has 0 atom stereocenters. The third kappa shape index (κ3) is 4.11. The fraction of sp³-hybridized carbons (Fsp3) is 0.200. The maximum Gasteiger partial charge on any atom is 0.346 e. The fourth-order valence-electron chi connectivity index (χ4n) is 3.05. The lowest BCUT2D eigenvalue weighted by molar-refractivity contribution is -0.138. The van der Waals surface area contributed by atoms with Crippen LogP contribution in [-0.2, 0) is 19.1 Å². The molecule has 0 amide bonds. The largest absolute Gasteiger partial charge is 0.465 e. The Labute approximate surface area is 208 Å². The van der Waals surface area contributed by atoms with E-state index in [2.05, 4.69) is 18.2 Å². The van der Waals surface area contributed by atoms with E-state index in [4.69, 9.17) is 9.47 Å². The van der Waals surface area contributed by atoms with Crippen molar-refractivity contribution < 1.29 is 19.1 Å². The molecular weight excluding hydrogens is 529 g/mol. The van der Waals surface area contributed by atoms with Crippen molar-refractivity contribution in [1.82, 2.24) is 0 Å². The number of fused-ring (bicyclic) bond motifs is 1. The normalized spacial score (nSPS) is 18.8. The van der Waals surface area contributed by atoms with Gasteiger partial charge in [-0.05, 0) is 0 Å². The maximum absolute atomic E-state index is 12.3. The van der Waals surface area contributed by atoms with Crippen LogP contribution >= 0.6 is 81.9 Å². The molecule has 0 saturated carbocycles. The summed E-state index contributed by atoms with van der Waals surface area (Å²) < 4.78 is 17.2. The highest BCUT2D eigenvalue weighted by Crippen LogP contribution is 2.60. The molecule has 0 bridgehead atoms. The lowest BCUT2D eigenvalue weighted by Crippen LogP contribution is -2.08. The van der Waals surface area contributed by atoms with Crippen LogP contribution in [0.1, 0.15) is 0 Å². The topological polar surface area (TPSA) is 52.6 Å². The summed E-state index contributed by atoms with van der Waals surface area (Å²) in [6.07, 6.45) is 0. The average Bonchev–Trinajstić information content (AvgIpc) is 3.52. The SMILES string of the molecule is COC(=O)C1=C(C(=O)OC)SC(=c2sc(=C3SC4=C(SCCS4)S3)c3ccccc23)S1. The molecule has 3 aliphatic heterocycles. The van der Waals surface area contributed by atoms with Gasteiger partial charge in [0.25, 0.3) is 0 Å². The third-order valence-corrected chi connectivity index (χ3v) is 14.5. The predicted molar refractivity (Wildman–Crippen MR) is 141 cm³/mol. The summed E-state index contributed by atoms with van der Waals surface area (Å²) in [6.45, 7) is 0. The number of carbonyl (C=O) groups excluding carboxylic acids is 2. The van der Waals surface area contributed by atoms with Crippen LogP contribution in [0, 0.1) is 0 Å². The number of esters is 2. The van der Waals surface area contributed by atoms with Gasteiger partial charge in [0, 0.05) is 22.3 Å². The van der Waals surface area contributed by atoms with Gasteiger partial charge in [-0.1, -0.05) is 71.3 Å². The van der Waals surface area contributed by atoms with E-state index in [1.54, 1.807) is 11.3 Å².